The number of nitrogens with two attached hydrogens (primary N) is 1. The van der Waals surface area contributed by atoms with Crippen molar-refractivity contribution in [2.24, 2.45) is 5.92 Å². The number of benzene rings is 2. The largest absolute Gasteiger partial charge is 0.461 e. The summed E-state index contributed by atoms with van der Waals surface area (Å²) >= 11 is 0. The van der Waals surface area contributed by atoms with Crippen LogP contribution in [0.1, 0.15) is 18.4 Å². The van der Waals surface area contributed by atoms with Crippen molar-refractivity contribution in [1.82, 2.24) is 4.90 Å². The number of ether oxygens (including phenoxy) is 2. The zero-order valence-corrected chi connectivity index (χ0v) is 16.9. The van der Waals surface area contributed by atoms with Gasteiger partial charge in [-0.25, -0.2) is 4.79 Å². The molecule has 0 saturated carbocycles. The molecule has 7 nitrogen and oxygen atoms in total. The van der Waals surface area contributed by atoms with Gasteiger partial charge in [0.15, 0.2) is 0 Å². The van der Waals surface area contributed by atoms with Crippen LogP contribution in [-0.2, 0) is 20.9 Å². The second-order valence-electron chi connectivity index (χ2n) is 7.88. The van der Waals surface area contributed by atoms with Gasteiger partial charge in [0.2, 0.25) is 0 Å². The summed E-state index contributed by atoms with van der Waals surface area (Å²) in [7, 11) is 0. The van der Waals surface area contributed by atoms with E-state index in [-0.39, 0.29) is 24.1 Å². The van der Waals surface area contributed by atoms with Gasteiger partial charge in [-0.15, -0.1) is 0 Å². The molecule has 158 valence electrons. The molecule has 2 fully saturated rings. The number of anilines is 2. The molecule has 1 atom stereocenters. The third kappa shape index (κ3) is 4.91. The van der Waals surface area contributed by atoms with Gasteiger partial charge in [0.05, 0.1) is 12.5 Å². The minimum absolute atomic E-state index is 0.0673. The van der Waals surface area contributed by atoms with E-state index in [2.05, 4.69) is 4.90 Å². The summed E-state index contributed by atoms with van der Waals surface area (Å²) in [6, 6.07) is 16.9. The van der Waals surface area contributed by atoms with Crippen LogP contribution in [0.5, 0.6) is 0 Å². The molecule has 30 heavy (non-hydrogen) atoms. The number of hydrogen-bond acceptors (Lipinski definition) is 6. The molecule has 2 aliphatic heterocycles. The molecule has 2 heterocycles. The van der Waals surface area contributed by atoms with Gasteiger partial charge in [0, 0.05) is 17.9 Å². The number of carbonyl (C=O) groups is 2. The van der Waals surface area contributed by atoms with Gasteiger partial charge in [-0.1, -0.05) is 30.3 Å². The second-order valence-corrected chi connectivity index (χ2v) is 7.88. The smallest absolute Gasteiger partial charge is 0.414 e. The highest BCUT2D eigenvalue weighted by Gasteiger charge is 2.35. The fourth-order valence-electron chi connectivity index (χ4n) is 3.97. The van der Waals surface area contributed by atoms with Crippen LogP contribution in [-0.4, -0.2) is 49.2 Å². The fourth-order valence-corrected chi connectivity index (χ4v) is 3.97. The van der Waals surface area contributed by atoms with E-state index >= 15 is 0 Å². The van der Waals surface area contributed by atoms with Crippen LogP contribution in [0, 0.1) is 5.92 Å². The summed E-state index contributed by atoms with van der Waals surface area (Å²) in [5, 5.41) is 0. The molecule has 1 amide bonds. The third-order valence-corrected chi connectivity index (χ3v) is 5.69. The Hall–Kier alpha value is -3.06. The second kappa shape index (κ2) is 9.17. The number of cyclic esters (lactones) is 1. The lowest BCUT2D eigenvalue weighted by Crippen LogP contribution is -2.41. The Labute approximate surface area is 176 Å². The van der Waals surface area contributed by atoms with Crippen LogP contribution in [0.4, 0.5) is 16.2 Å². The molecule has 7 heteroatoms. The van der Waals surface area contributed by atoms with E-state index in [1.807, 2.05) is 42.5 Å². The zero-order valence-electron chi connectivity index (χ0n) is 16.9. The van der Waals surface area contributed by atoms with E-state index in [0.717, 1.165) is 37.2 Å². The van der Waals surface area contributed by atoms with E-state index in [4.69, 9.17) is 15.2 Å². The Morgan fingerprint density at radius 2 is 1.77 bits per heavy atom. The van der Waals surface area contributed by atoms with Crippen molar-refractivity contribution < 1.29 is 19.1 Å². The first kappa shape index (κ1) is 20.2. The molecule has 0 spiro atoms. The third-order valence-electron chi connectivity index (χ3n) is 5.69. The molecule has 0 aliphatic carbocycles. The molecular weight excluding hydrogens is 382 g/mol. The quantitative estimate of drug-likeness (QED) is 0.583. The number of amides is 1. The first-order chi connectivity index (χ1) is 14.6. The van der Waals surface area contributed by atoms with E-state index in [0.29, 0.717) is 25.4 Å². The lowest BCUT2D eigenvalue weighted by molar-refractivity contribution is -0.151. The predicted octanol–water partition coefficient (Wildman–Crippen LogP) is 3.05. The van der Waals surface area contributed by atoms with Gasteiger partial charge in [-0.05, 0) is 55.8 Å². The van der Waals surface area contributed by atoms with Crippen molar-refractivity contribution in [3.8, 4) is 0 Å². The summed E-state index contributed by atoms with van der Waals surface area (Å²) in [6.45, 7) is 3.09. The Balaban J connectivity index is 1.21. The van der Waals surface area contributed by atoms with Crippen molar-refractivity contribution in [2.75, 3.05) is 36.8 Å². The summed E-state index contributed by atoms with van der Waals surface area (Å²) in [6.07, 6.45) is 1.01. The number of nitrogens with zero attached hydrogens (tertiary/aromatic N) is 2. The van der Waals surface area contributed by atoms with Crippen LogP contribution in [0.2, 0.25) is 0 Å². The molecule has 0 aromatic heterocycles. The molecule has 0 bridgehead atoms. The number of likely N-dealkylation sites (tertiary alicyclic amines) is 1. The lowest BCUT2D eigenvalue weighted by Gasteiger charge is -2.31. The highest BCUT2D eigenvalue weighted by Crippen LogP contribution is 2.25. The van der Waals surface area contributed by atoms with Crippen molar-refractivity contribution >= 4 is 23.4 Å². The van der Waals surface area contributed by atoms with Gasteiger partial charge < -0.3 is 15.2 Å². The van der Waals surface area contributed by atoms with Crippen molar-refractivity contribution in [1.29, 1.82) is 0 Å². The highest BCUT2D eigenvalue weighted by atomic mass is 16.6. The fraction of sp³-hybridized carbons (Fsp3) is 0.391. The molecule has 2 aromatic carbocycles. The first-order valence-corrected chi connectivity index (χ1v) is 10.3. The van der Waals surface area contributed by atoms with Gasteiger partial charge in [-0.2, -0.15) is 0 Å². The van der Waals surface area contributed by atoms with Crippen molar-refractivity contribution in [2.45, 2.75) is 25.6 Å². The van der Waals surface area contributed by atoms with Crippen LogP contribution in [0.15, 0.2) is 54.6 Å². The molecule has 2 aliphatic rings. The first-order valence-electron chi connectivity index (χ1n) is 10.3. The molecule has 0 unspecified atom stereocenters. The number of carbonyl (C=O) groups excluding carboxylic acids is 2. The Bertz CT molecular complexity index is 864. The number of rotatable bonds is 6. The summed E-state index contributed by atoms with van der Waals surface area (Å²) in [5.74, 6) is -0.192. The minimum atomic E-state index is -0.329. The van der Waals surface area contributed by atoms with Crippen molar-refractivity contribution in [3.05, 3.63) is 60.2 Å². The summed E-state index contributed by atoms with van der Waals surface area (Å²) in [5.41, 5.74) is 8.16. The minimum Gasteiger partial charge on any atom is -0.461 e. The normalized spacial score (nSPS) is 20.2. The Morgan fingerprint density at radius 3 is 2.47 bits per heavy atom. The molecule has 2 aromatic rings. The number of esters is 1. The lowest BCUT2D eigenvalue weighted by atomic mass is 9.97. The van der Waals surface area contributed by atoms with Crippen LogP contribution < -0.4 is 10.6 Å². The van der Waals surface area contributed by atoms with E-state index < -0.39 is 0 Å². The molecule has 2 N–H and O–H groups in total. The monoisotopic (exact) mass is 409 g/mol. The van der Waals surface area contributed by atoms with Crippen molar-refractivity contribution in [3.63, 3.8) is 0 Å². The molecular formula is C23H27N3O4. The number of nitrogen functional groups attached to an aromatic ring is 1. The molecule has 4 rings (SSSR count). The van der Waals surface area contributed by atoms with E-state index in [1.165, 1.54) is 0 Å². The predicted molar refractivity (Wildman–Crippen MR) is 114 cm³/mol. The average Bonchev–Trinajstić information content (AvgIpc) is 3.13. The standard InChI is InChI=1S/C23H27N3O4/c24-19-6-8-20(9-7-19)26-15-21(30-23(26)28)14-25-12-10-18(11-13-25)22(27)29-16-17-4-2-1-3-5-17/h1-9,18,21H,10-16,24H2/t21-/m1/s1. The van der Waals surface area contributed by atoms with Crippen LogP contribution >= 0.6 is 0 Å². The van der Waals surface area contributed by atoms with E-state index in [9.17, 15) is 9.59 Å². The van der Waals surface area contributed by atoms with Gasteiger partial charge in [0.25, 0.3) is 0 Å². The number of piperidine rings is 1. The Kier molecular flexibility index (Phi) is 6.18. The van der Waals surface area contributed by atoms with Gasteiger partial charge in [0.1, 0.15) is 12.7 Å². The average molecular weight is 409 g/mol. The van der Waals surface area contributed by atoms with Crippen LogP contribution in [0.25, 0.3) is 0 Å². The summed E-state index contributed by atoms with van der Waals surface area (Å²) < 4.78 is 11.0. The SMILES string of the molecule is Nc1ccc(N2C[C@@H](CN3CCC(C(=O)OCc4ccccc4)CC3)OC2=O)cc1. The van der Waals surface area contributed by atoms with Gasteiger partial charge >= 0.3 is 12.1 Å². The maximum Gasteiger partial charge on any atom is 0.414 e. The maximum absolute atomic E-state index is 12.4. The molecule has 2 saturated heterocycles. The van der Waals surface area contributed by atoms with Gasteiger partial charge in [-0.3, -0.25) is 14.6 Å². The molecule has 0 radical (unpaired) electrons. The van der Waals surface area contributed by atoms with E-state index in [1.54, 1.807) is 17.0 Å². The topological polar surface area (TPSA) is 85.1 Å². The van der Waals surface area contributed by atoms with Crippen LogP contribution in [0.3, 0.4) is 0 Å². The number of hydrogen-bond donors (Lipinski definition) is 1. The Morgan fingerprint density at radius 1 is 1.07 bits per heavy atom. The zero-order chi connectivity index (χ0) is 20.9. The maximum atomic E-state index is 12.4. The summed E-state index contributed by atoms with van der Waals surface area (Å²) in [4.78, 5) is 28.5. The highest BCUT2D eigenvalue weighted by molar-refractivity contribution is 5.89.